The molecule has 2 amide bonds. The van der Waals surface area contributed by atoms with E-state index in [0.717, 1.165) is 89.5 Å². The zero-order valence-corrected chi connectivity index (χ0v) is 24.6. The highest BCUT2D eigenvalue weighted by molar-refractivity contribution is 7.14. The molecule has 0 radical (unpaired) electrons. The van der Waals surface area contributed by atoms with E-state index >= 15 is 0 Å². The fourth-order valence-electron chi connectivity index (χ4n) is 6.13. The Labute approximate surface area is 252 Å². The van der Waals surface area contributed by atoms with E-state index in [4.69, 9.17) is 15.5 Å². The number of nitrogens with two attached hydrogens (primary N) is 1. The van der Waals surface area contributed by atoms with Gasteiger partial charge in [-0.2, -0.15) is 10.4 Å². The lowest BCUT2D eigenvalue weighted by molar-refractivity contribution is -0.119. The molecule has 0 aliphatic heterocycles. The summed E-state index contributed by atoms with van der Waals surface area (Å²) in [7, 11) is 0. The van der Waals surface area contributed by atoms with Crippen LogP contribution in [-0.4, -0.2) is 55.0 Å². The minimum absolute atomic E-state index is 0.0161. The highest BCUT2D eigenvalue weighted by Crippen LogP contribution is 2.39. The van der Waals surface area contributed by atoms with Gasteiger partial charge in [0.15, 0.2) is 5.01 Å². The molecule has 0 spiro atoms. The molecule has 4 aromatic rings. The predicted molar refractivity (Wildman–Crippen MR) is 161 cm³/mol. The second-order valence-electron chi connectivity index (χ2n) is 11.3. The lowest BCUT2D eigenvalue weighted by Crippen LogP contribution is -2.35. The average molecular weight is 600 g/mol. The van der Waals surface area contributed by atoms with E-state index in [-0.39, 0.29) is 24.1 Å². The van der Waals surface area contributed by atoms with Crippen molar-refractivity contribution in [3.63, 3.8) is 0 Å². The molecular weight excluding hydrogens is 566 g/mol. The summed E-state index contributed by atoms with van der Waals surface area (Å²) in [6.45, 7) is 1.56. The number of carbonyl (C=O) groups excluding carboxylic acids is 2. The Morgan fingerprint density at radius 2 is 1.81 bits per heavy atom. The topological polar surface area (TPSA) is 173 Å². The van der Waals surface area contributed by atoms with Crippen LogP contribution < -0.4 is 16.4 Å². The molecule has 0 bridgehead atoms. The maximum absolute atomic E-state index is 11.5. The molecule has 43 heavy (non-hydrogen) atoms. The Morgan fingerprint density at radius 3 is 2.53 bits per heavy atom. The Balaban J connectivity index is 1.27. The van der Waals surface area contributed by atoms with Gasteiger partial charge in [0.2, 0.25) is 5.91 Å². The van der Waals surface area contributed by atoms with E-state index in [1.165, 1.54) is 0 Å². The van der Waals surface area contributed by atoms with Crippen molar-refractivity contribution in [1.29, 1.82) is 5.26 Å². The number of amides is 2. The van der Waals surface area contributed by atoms with Crippen molar-refractivity contribution in [3.05, 3.63) is 47.2 Å². The van der Waals surface area contributed by atoms with Gasteiger partial charge in [0.25, 0.3) is 0 Å². The SMILES string of the molecule is CC(=O)NC1CCC(c2nnc(-c3cnc(-c4ccc5cc(C#N)cnn45)cc3NC3CCC(OC(N)=O)CC3)s2)CC1. The van der Waals surface area contributed by atoms with Gasteiger partial charge in [0, 0.05) is 36.8 Å². The standard InChI is InChI=1S/C30H33N9O3S/c1-17(40)35-20-4-2-19(3-5-20)28-37-38-29(43-28)24-16-33-26(27-11-8-22-12-18(14-31)15-34-39(22)27)13-25(24)36-21-6-9-23(10-7-21)42-30(32)41/h8,11-13,15-16,19-21,23H,2-7,9-10H2,1H3,(H2,32,41)(H,33,36)(H,35,40). The van der Waals surface area contributed by atoms with Gasteiger partial charge in [-0.1, -0.05) is 11.3 Å². The summed E-state index contributed by atoms with van der Waals surface area (Å²) >= 11 is 1.59. The first kappa shape index (κ1) is 28.5. The van der Waals surface area contributed by atoms with Crippen LogP contribution in [0.15, 0.2) is 36.7 Å². The number of nitriles is 1. The number of ether oxygens (including phenoxy) is 1. The molecule has 0 saturated heterocycles. The van der Waals surface area contributed by atoms with Gasteiger partial charge in [-0.3, -0.25) is 9.78 Å². The fraction of sp³-hybridized carbons (Fsp3) is 0.433. The molecule has 13 heteroatoms. The maximum atomic E-state index is 11.5. The minimum atomic E-state index is -0.733. The van der Waals surface area contributed by atoms with Gasteiger partial charge in [0.1, 0.15) is 17.2 Å². The maximum Gasteiger partial charge on any atom is 0.404 e. The van der Waals surface area contributed by atoms with Crippen molar-refractivity contribution in [2.75, 3.05) is 5.32 Å². The summed E-state index contributed by atoms with van der Waals surface area (Å²) in [5.74, 6) is 0.333. The number of nitrogens with zero attached hydrogens (tertiary/aromatic N) is 6. The van der Waals surface area contributed by atoms with Gasteiger partial charge in [-0.05, 0) is 75.6 Å². The molecular formula is C30H33N9O3S. The number of nitrogens with one attached hydrogen (secondary N) is 2. The number of hydrogen-bond donors (Lipinski definition) is 3. The van der Waals surface area contributed by atoms with Crippen LogP contribution in [0, 0.1) is 11.3 Å². The Hall–Kier alpha value is -4.57. The Kier molecular flexibility index (Phi) is 8.20. The van der Waals surface area contributed by atoms with E-state index < -0.39 is 6.09 Å². The molecule has 12 nitrogen and oxygen atoms in total. The van der Waals surface area contributed by atoms with E-state index in [1.807, 2.05) is 24.4 Å². The van der Waals surface area contributed by atoms with Crippen molar-refractivity contribution in [2.24, 2.45) is 5.73 Å². The molecule has 222 valence electrons. The molecule has 0 aromatic carbocycles. The lowest BCUT2D eigenvalue weighted by Gasteiger charge is -2.29. The van der Waals surface area contributed by atoms with Crippen LogP contribution in [0.1, 0.15) is 74.8 Å². The number of primary amides is 1. The van der Waals surface area contributed by atoms with E-state index in [1.54, 1.807) is 35.0 Å². The third-order valence-electron chi connectivity index (χ3n) is 8.27. The number of rotatable bonds is 7. The van der Waals surface area contributed by atoms with Crippen LogP contribution >= 0.6 is 11.3 Å². The minimum Gasteiger partial charge on any atom is -0.446 e. The van der Waals surface area contributed by atoms with Crippen LogP contribution in [0.2, 0.25) is 0 Å². The first-order valence-electron chi connectivity index (χ1n) is 14.6. The fourth-order valence-corrected chi connectivity index (χ4v) is 7.17. The summed E-state index contributed by atoms with van der Waals surface area (Å²) in [6.07, 6.45) is 9.36. The largest absolute Gasteiger partial charge is 0.446 e. The quantitative estimate of drug-likeness (QED) is 0.270. The van der Waals surface area contributed by atoms with E-state index in [2.05, 4.69) is 32.0 Å². The molecule has 2 saturated carbocycles. The van der Waals surface area contributed by atoms with Crippen LogP contribution in [0.25, 0.3) is 27.5 Å². The molecule has 4 aromatic heterocycles. The van der Waals surface area contributed by atoms with Gasteiger partial charge < -0.3 is 21.1 Å². The van der Waals surface area contributed by atoms with Gasteiger partial charge >= 0.3 is 6.09 Å². The number of aromatic nitrogens is 5. The number of anilines is 1. The molecule has 4 N–H and O–H groups in total. The second kappa shape index (κ2) is 12.3. The monoisotopic (exact) mass is 599 g/mol. The van der Waals surface area contributed by atoms with Crippen molar-refractivity contribution >= 4 is 34.5 Å². The van der Waals surface area contributed by atoms with Crippen molar-refractivity contribution in [1.82, 2.24) is 30.1 Å². The summed E-state index contributed by atoms with van der Waals surface area (Å²) in [6, 6.07) is 10.2. The number of pyridine rings is 1. The zero-order chi connectivity index (χ0) is 29.9. The summed E-state index contributed by atoms with van der Waals surface area (Å²) < 4.78 is 7.01. The van der Waals surface area contributed by atoms with Gasteiger partial charge in [-0.15, -0.1) is 10.2 Å². The van der Waals surface area contributed by atoms with Crippen LogP contribution in [0.4, 0.5) is 10.5 Å². The first-order valence-corrected chi connectivity index (χ1v) is 15.4. The van der Waals surface area contributed by atoms with Gasteiger partial charge in [-0.25, -0.2) is 9.31 Å². The van der Waals surface area contributed by atoms with Gasteiger partial charge in [0.05, 0.1) is 34.2 Å². The van der Waals surface area contributed by atoms with Crippen LogP contribution in [-0.2, 0) is 9.53 Å². The second-order valence-corrected chi connectivity index (χ2v) is 12.3. The van der Waals surface area contributed by atoms with Crippen molar-refractivity contribution < 1.29 is 14.3 Å². The number of carbonyl (C=O) groups is 2. The number of fused-ring (bicyclic) bond motifs is 1. The first-order chi connectivity index (χ1) is 20.9. The molecule has 0 atom stereocenters. The van der Waals surface area contributed by atoms with E-state index in [9.17, 15) is 14.9 Å². The average Bonchev–Trinajstić information content (AvgIpc) is 3.65. The molecule has 2 aliphatic rings. The third kappa shape index (κ3) is 6.44. The Bertz CT molecular complexity index is 1680. The van der Waals surface area contributed by atoms with E-state index in [0.29, 0.717) is 11.5 Å². The lowest BCUT2D eigenvalue weighted by atomic mass is 9.86. The predicted octanol–water partition coefficient (Wildman–Crippen LogP) is 4.77. The molecule has 6 rings (SSSR count). The van der Waals surface area contributed by atoms with Crippen LogP contribution in [0.5, 0.6) is 0 Å². The number of hydrogen-bond acceptors (Lipinski definition) is 10. The van der Waals surface area contributed by atoms with Crippen molar-refractivity contribution in [2.45, 2.75) is 82.4 Å². The normalized spacial score (nSPS) is 22.0. The summed E-state index contributed by atoms with van der Waals surface area (Å²) in [4.78, 5) is 27.5. The van der Waals surface area contributed by atoms with Crippen molar-refractivity contribution in [3.8, 4) is 28.0 Å². The molecule has 2 fully saturated rings. The highest BCUT2D eigenvalue weighted by atomic mass is 32.1. The van der Waals surface area contributed by atoms with Crippen LogP contribution in [0.3, 0.4) is 0 Å². The zero-order valence-electron chi connectivity index (χ0n) is 23.8. The Morgan fingerprint density at radius 1 is 1.05 bits per heavy atom. The summed E-state index contributed by atoms with van der Waals surface area (Å²) in [5.41, 5.74) is 9.84. The smallest absolute Gasteiger partial charge is 0.404 e. The molecule has 2 aliphatic carbocycles. The summed E-state index contributed by atoms with van der Waals surface area (Å²) in [5, 5.41) is 31.4. The molecule has 0 unspecified atom stereocenters. The highest BCUT2D eigenvalue weighted by Gasteiger charge is 2.28. The third-order valence-corrected chi connectivity index (χ3v) is 9.39. The molecule has 4 heterocycles.